The Labute approximate surface area is 96.0 Å². The van der Waals surface area contributed by atoms with E-state index in [9.17, 15) is 4.79 Å². The van der Waals surface area contributed by atoms with Crippen molar-refractivity contribution in [3.8, 4) is 0 Å². The van der Waals surface area contributed by atoms with Gasteiger partial charge in [0.05, 0.1) is 0 Å². The van der Waals surface area contributed by atoms with Crippen LogP contribution in [0.5, 0.6) is 0 Å². The second-order valence-electron chi connectivity index (χ2n) is 4.62. The SMILES string of the molecule is NC1(CCC(=O)NCc2ccccc2)CC1. The molecule has 3 heteroatoms. The lowest BCUT2D eigenvalue weighted by atomic mass is 10.1. The summed E-state index contributed by atoms with van der Waals surface area (Å²) in [6, 6.07) is 9.93. The Kier molecular flexibility index (Phi) is 3.25. The van der Waals surface area contributed by atoms with Crippen LogP contribution in [0.1, 0.15) is 31.2 Å². The molecule has 0 heterocycles. The molecule has 0 bridgehead atoms. The first-order valence-electron chi connectivity index (χ1n) is 5.77. The Hall–Kier alpha value is -1.35. The Bertz CT molecular complexity index is 357. The molecule has 3 nitrogen and oxygen atoms in total. The fourth-order valence-corrected chi connectivity index (χ4v) is 1.66. The molecule has 1 aliphatic carbocycles. The second-order valence-corrected chi connectivity index (χ2v) is 4.62. The van der Waals surface area contributed by atoms with Crippen molar-refractivity contribution in [2.45, 2.75) is 37.8 Å². The summed E-state index contributed by atoms with van der Waals surface area (Å²) in [5.41, 5.74) is 7.03. The van der Waals surface area contributed by atoms with Gasteiger partial charge in [0.25, 0.3) is 0 Å². The molecule has 2 rings (SSSR count). The molecule has 0 radical (unpaired) electrons. The van der Waals surface area contributed by atoms with Crippen molar-refractivity contribution in [3.63, 3.8) is 0 Å². The Morgan fingerprint density at radius 2 is 2.00 bits per heavy atom. The molecule has 1 aromatic carbocycles. The van der Waals surface area contributed by atoms with Crippen LogP contribution in [0.25, 0.3) is 0 Å². The molecule has 3 N–H and O–H groups in total. The molecular formula is C13H18N2O. The minimum atomic E-state index is -0.0237. The zero-order chi connectivity index (χ0) is 11.4. The summed E-state index contributed by atoms with van der Waals surface area (Å²) in [7, 11) is 0. The van der Waals surface area contributed by atoms with E-state index in [2.05, 4.69) is 5.32 Å². The highest BCUT2D eigenvalue weighted by Gasteiger charge is 2.37. The first-order chi connectivity index (χ1) is 7.68. The van der Waals surface area contributed by atoms with Crippen molar-refractivity contribution in [2.75, 3.05) is 0 Å². The highest BCUT2D eigenvalue weighted by atomic mass is 16.1. The number of carbonyl (C=O) groups excluding carboxylic acids is 1. The molecule has 1 fully saturated rings. The third-order valence-electron chi connectivity index (χ3n) is 3.07. The predicted octanol–water partition coefficient (Wildman–Crippen LogP) is 1.57. The van der Waals surface area contributed by atoms with E-state index in [0.717, 1.165) is 24.8 Å². The van der Waals surface area contributed by atoms with Crippen LogP contribution in [0.2, 0.25) is 0 Å². The van der Waals surface area contributed by atoms with Crippen molar-refractivity contribution in [1.82, 2.24) is 5.32 Å². The van der Waals surface area contributed by atoms with Crippen LogP contribution in [0.3, 0.4) is 0 Å². The number of nitrogens with two attached hydrogens (primary N) is 1. The van der Waals surface area contributed by atoms with E-state index in [0.29, 0.717) is 13.0 Å². The van der Waals surface area contributed by atoms with Crippen molar-refractivity contribution in [2.24, 2.45) is 5.73 Å². The number of nitrogens with one attached hydrogen (secondary N) is 1. The van der Waals surface area contributed by atoms with Crippen LogP contribution >= 0.6 is 0 Å². The summed E-state index contributed by atoms with van der Waals surface area (Å²) in [6.07, 6.45) is 3.49. The third-order valence-corrected chi connectivity index (χ3v) is 3.07. The zero-order valence-electron chi connectivity index (χ0n) is 9.41. The zero-order valence-corrected chi connectivity index (χ0v) is 9.41. The maximum absolute atomic E-state index is 11.5. The lowest BCUT2D eigenvalue weighted by Gasteiger charge is -2.08. The quantitative estimate of drug-likeness (QED) is 0.788. The van der Waals surface area contributed by atoms with E-state index in [1.54, 1.807) is 0 Å². The molecule has 0 aliphatic heterocycles. The molecule has 1 aliphatic rings. The van der Waals surface area contributed by atoms with Gasteiger partial charge in [-0.25, -0.2) is 0 Å². The number of amides is 1. The summed E-state index contributed by atoms with van der Waals surface area (Å²) in [4.78, 5) is 11.5. The standard InChI is InChI=1S/C13H18N2O/c14-13(8-9-13)7-6-12(16)15-10-11-4-2-1-3-5-11/h1-5H,6-10,14H2,(H,15,16). The van der Waals surface area contributed by atoms with Crippen molar-refractivity contribution >= 4 is 5.91 Å². The van der Waals surface area contributed by atoms with E-state index in [1.807, 2.05) is 30.3 Å². The van der Waals surface area contributed by atoms with Gasteiger partial charge in [0.2, 0.25) is 5.91 Å². The molecule has 0 atom stereocenters. The van der Waals surface area contributed by atoms with E-state index in [1.165, 1.54) is 0 Å². The number of rotatable bonds is 5. The van der Waals surface area contributed by atoms with Gasteiger partial charge in [-0.3, -0.25) is 4.79 Å². The summed E-state index contributed by atoms with van der Waals surface area (Å²) in [6.45, 7) is 0.608. The molecular weight excluding hydrogens is 200 g/mol. The summed E-state index contributed by atoms with van der Waals surface area (Å²) in [5.74, 6) is 0.0978. The molecule has 1 saturated carbocycles. The van der Waals surface area contributed by atoms with Gasteiger partial charge in [0.1, 0.15) is 0 Å². The van der Waals surface area contributed by atoms with E-state index in [-0.39, 0.29) is 11.4 Å². The number of hydrogen-bond acceptors (Lipinski definition) is 2. The van der Waals surface area contributed by atoms with Crippen LogP contribution in [0, 0.1) is 0 Å². The summed E-state index contributed by atoms with van der Waals surface area (Å²) >= 11 is 0. The molecule has 0 unspecified atom stereocenters. The predicted molar refractivity (Wildman–Crippen MR) is 63.7 cm³/mol. The minimum absolute atomic E-state index is 0.0237. The smallest absolute Gasteiger partial charge is 0.220 e. The van der Waals surface area contributed by atoms with Gasteiger partial charge in [-0.2, -0.15) is 0 Å². The van der Waals surface area contributed by atoms with Gasteiger partial charge in [0.15, 0.2) is 0 Å². The van der Waals surface area contributed by atoms with Gasteiger partial charge in [0, 0.05) is 18.5 Å². The number of benzene rings is 1. The van der Waals surface area contributed by atoms with Gasteiger partial charge >= 0.3 is 0 Å². The molecule has 86 valence electrons. The molecule has 1 aromatic rings. The van der Waals surface area contributed by atoms with Crippen LogP contribution in [0.4, 0.5) is 0 Å². The van der Waals surface area contributed by atoms with Crippen molar-refractivity contribution < 1.29 is 4.79 Å². The average molecular weight is 218 g/mol. The molecule has 16 heavy (non-hydrogen) atoms. The number of hydrogen-bond donors (Lipinski definition) is 2. The summed E-state index contributed by atoms with van der Waals surface area (Å²) in [5, 5.41) is 2.90. The van der Waals surface area contributed by atoms with E-state index >= 15 is 0 Å². The largest absolute Gasteiger partial charge is 0.352 e. The Morgan fingerprint density at radius 3 is 2.62 bits per heavy atom. The highest BCUT2D eigenvalue weighted by Crippen LogP contribution is 2.36. The van der Waals surface area contributed by atoms with Crippen LogP contribution in [0.15, 0.2) is 30.3 Å². The monoisotopic (exact) mass is 218 g/mol. The lowest BCUT2D eigenvalue weighted by molar-refractivity contribution is -0.121. The first-order valence-corrected chi connectivity index (χ1v) is 5.77. The van der Waals surface area contributed by atoms with Crippen molar-refractivity contribution in [3.05, 3.63) is 35.9 Å². The van der Waals surface area contributed by atoms with Crippen LogP contribution in [-0.4, -0.2) is 11.4 Å². The minimum Gasteiger partial charge on any atom is -0.352 e. The fourth-order valence-electron chi connectivity index (χ4n) is 1.66. The Morgan fingerprint density at radius 1 is 1.31 bits per heavy atom. The first kappa shape index (κ1) is 11.1. The fraction of sp³-hybridized carbons (Fsp3) is 0.462. The maximum Gasteiger partial charge on any atom is 0.220 e. The second kappa shape index (κ2) is 4.66. The molecule has 0 saturated heterocycles. The maximum atomic E-state index is 11.5. The molecule has 1 amide bonds. The van der Waals surface area contributed by atoms with Gasteiger partial charge < -0.3 is 11.1 Å². The average Bonchev–Trinajstić information content (AvgIpc) is 3.04. The molecule has 0 spiro atoms. The molecule has 0 aromatic heterocycles. The topological polar surface area (TPSA) is 55.1 Å². The van der Waals surface area contributed by atoms with E-state index < -0.39 is 0 Å². The van der Waals surface area contributed by atoms with Crippen LogP contribution < -0.4 is 11.1 Å². The third kappa shape index (κ3) is 3.35. The normalized spacial score (nSPS) is 16.8. The number of carbonyl (C=O) groups is 1. The highest BCUT2D eigenvalue weighted by molar-refractivity contribution is 5.76. The lowest BCUT2D eigenvalue weighted by Crippen LogP contribution is -2.27. The van der Waals surface area contributed by atoms with Crippen molar-refractivity contribution in [1.29, 1.82) is 0 Å². The van der Waals surface area contributed by atoms with Gasteiger partial charge in [-0.05, 0) is 24.8 Å². The van der Waals surface area contributed by atoms with Gasteiger partial charge in [-0.15, -0.1) is 0 Å². The van der Waals surface area contributed by atoms with E-state index in [4.69, 9.17) is 5.73 Å². The Balaban J connectivity index is 1.68. The van der Waals surface area contributed by atoms with Gasteiger partial charge in [-0.1, -0.05) is 30.3 Å². The summed E-state index contributed by atoms with van der Waals surface area (Å²) < 4.78 is 0. The van der Waals surface area contributed by atoms with Crippen LogP contribution in [-0.2, 0) is 11.3 Å².